The number of nitro groups is 1. The van der Waals surface area contributed by atoms with E-state index in [1.54, 1.807) is 6.07 Å². The number of benzene rings is 1. The highest BCUT2D eigenvalue weighted by Crippen LogP contribution is 2.27. The smallest absolute Gasteiger partial charge is 0.287 e. The molecule has 3 aromatic rings. The molecule has 0 radical (unpaired) electrons. The van der Waals surface area contributed by atoms with Gasteiger partial charge in [0.2, 0.25) is 0 Å². The first-order valence-corrected chi connectivity index (χ1v) is 7.20. The average molecular weight is 313 g/mol. The summed E-state index contributed by atoms with van der Waals surface area (Å²) in [6, 6.07) is 12.8. The summed E-state index contributed by atoms with van der Waals surface area (Å²) in [5.41, 5.74) is 0.938. The normalized spacial score (nSPS) is 10.6. The van der Waals surface area contributed by atoms with E-state index in [0.717, 1.165) is 11.4 Å². The van der Waals surface area contributed by atoms with Crippen LogP contribution in [0.1, 0.15) is 0 Å². The largest absolute Gasteiger partial charge is 0.305 e. The molecule has 0 atom stereocenters. The molecule has 0 aliphatic rings. The third kappa shape index (κ3) is 2.82. The maximum absolute atomic E-state index is 10.6. The van der Waals surface area contributed by atoms with E-state index in [1.807, 2.05) is 41.9 Å². The molecule has 2 heterocycles. The van der Waals surface area contributed by atoms with Gasteiger partial charge in [0.05, 0.1) is 4.92 Å². The molecule has 0 bridgehead atoms. The first-order valence-electron chi connectivity index (χ1n) is 6.38. The molecular weight excluding hydrogens is 302 g/mol. The summed E-state index contributed by atoms with van der Waals surface area (Å²) in [7, 11) is 1.87. The summed E-state index contributed by atoms with van der Waals surface area (Å²) in [5.74, 6) is 0.755. The second-order valence-electron chi connectivity index (χ2n) is 4.45. The molecule has 1 aromatic carbocycles. The van der Waals surface area contributed by atoms with E-state index in [9.17, 15) is 10.1 Å². The SMILES string of the molecule is Cn1c(Sc2ccc([N+](=O)[O-])cn2)nnc1-c1ccccc1. The molecule has 8 heteroatoms. The summed E-state index contributed by atoms with van der Waals surface area (Å²) in [4.78, 5) is 14.2. The zero-order chi connectivity index (χ0) is 15.5. The van der Waals surface area contributed by atoms with Gasteiger partial charge in [0.1, 0.15) is 11.2 Å². The summed E-state index contributed by atoms with van der Waals surface area (Å²) in [5, 5.41) is 20.2. The maximum Gasteiger partial charge on any atom is 0.287 e. The van der Waals surface area contributed by atoms with Gasteiger partial charge in [-0.05, 0) is 17.8 Å². The quantitative estimate of drug-likeness (QED) is 0.543. The number of hydrogen-bond donors (Lipinski definition) is 0. The topological polar surface area (TPSA) is 86.7 Å². The molecular formula is C14H11N5O2S. The van der Waals surface area contributed by atoms with Gasteiger partial charge in [-0.25, -0.2) is 4.98 Å². The highest BCUT2D eigenvalue weighted by molar-refractivity contribution is 7.99. The van der Waals surface area contributed by atoms with Gasteiger partial charge in [-0.15, -0.1) is 10.2 Å². The fourth-order valence-corrected chi connectivity index (χ4v) is 2.61. The second kappa shape index (κ2) is 5.94. The van der Waals surface area contributed by atoms with Crippen LogP contribution in [-0.4, -0.2) is 24.7 Å². The maximum atomic E-state index is 10.6. The Hall–Kier alpha value is -2.74. The average Bonchev–Trinajstić information content (AvgIpc) is 2.90. The molecule has 0 aliphatic carbocycles. The summed E-state index contributed by atoms with van der Waals surface area (Å²) in [6.45, 7) is 0. The molecule has 0 saturated carbocycles. The lowest BCUT2D eigenvalue weighted by Crippen LogP contribution is -1.95. The molecule has 0 spiro atoms. The van der Waals surface area contributed by atoms with Crippen molar-refractivity contribution in [1.29, 1.82) is 0 Å². The van der Waals surface area contributed by atoms with Crippen molar-refractivity contribution in [2.45, 2.75) is 10.2 Å². The third-order valence-corrected chi connectivity index (χ3v) is 3.98. The minimum absolute atomic E-state index is 0.0349. The lowest BCUT2D eigenvalue weighted by atomic mass is 10.2. The van der Waals surface area contributed by atoms with Crippen molar-refractivity contribution >= 4 is 17.4 Å². The minimum atomic E-state index is -0.475. The molecule has 2 aromatic heterocycles. The van der Waals surface area contributed by atoms with Crippen molar-refractivity contribution in [2.75, 3.05) is 0 Å². The lowest BCUT2D eigenvalue weighted by Gasteiger charge is -2.03. The van der Waals surface area contributed by atoms with Gasteiger partial charge in [0.15, 0.2) is 11.0 Å². The Morgan fingerprint density at radius 3 is 2.55 bits per heavy atom. The predicted octanol–water partition coefficient (Wildman–Crippen LogP) is 2.94. The van der Waals surface area contributed by atoms with E-state index >= 15 is 0 Å². The van der Waals surface area contributed by atoms with Gasteiger partial charge in [-0.1, -0.05) is 30.3 Å². The van der Waals surface area contributed by atoms with Crippen LogP contribution in [0, 0.1) is 10.1 Å². The molecule has 22 heavy (non-hydrogen) atoms. The van der Waals surface area contributed by atoms with Crippen LogP contribution < -0.4 is 0 Å². The predicted molar refractivity (Wildman–Crippen MR) is 81.5 cm³/mol. The molecule has 0 N–H and O–H groups in total. The van der Waals surface area contributed by atoms with Crippen LogP contribution in [0.3, 0.4) is 0 Å². The van der Waals surface area contributed by atoms with Gasteiger partial charge >= 0.3 is 0 Å². The number of nitrogens with zero attached hydrogens (tertiary/aromatic N) is 5. The van der Waals surface area contributed by atoms with Gasteiger partial charge in [0, 0.05) is 18.7 Å². The summed E-state index contributed by atoms with van der Waals surface area (Å²) in [6.07, 6.45) is 1.23. The van der Waals surface area contributed by atoms with E-state index in [0.29, 0.717) is 10.2 Å². The Morgan fingerprint density at radius 1 is 1.14 bits per heavy atom. The molecule has 0 fully saturated rings. The van der Waals surface area contributed by atoms with Crippen molar-refractivity contribution < 1.29 is 4.92 Å². The van der Waals surface area contributed by atoms with Crippen LogP contribution in [0.4, 0.5) is 5.69 Å². The van der Waals surface area contributed by atoms with E-state index in [-0.39, 0.29) is 5.69 Å². The van der Waals surface area contributed by atoms with E-state index in [4.69, 9.17) is 0 Å². The Bertz CT molecular complexity index is 802. The molecule has 0 amide bonds. The van der Waals surface area contributed by atoms with E-state index in [2.05, 4.69) is 15.2 Å². The number of hydrogen-bond acceptors (Lipinski definition) is 6. The van der Waals surface area contributed by atoms with Crippen LogP contribution in [0.2, 0.25) is 0 Å². The lowest BCUT2D eigenvalue weighted by molar-refractivity contribution is -0.385. The zero-order valence-electron chi connectivity index (χ0n) is 11.6. The Balaban J connectivity index is 1.85. The molecule has 0 aliphatic heterocycles. The first kappa shape index (κ1) is 14.2. The standard InChI is InChI=1S/C14H11N5O2S/c1-18-13(10-5-3-2-4-6-10)16-17-14(18)22-12-8-7-11(9-15-12)19(20)21/h2-9H,1H3. The molecule has 0 saturated heterocycles. The number of rotatable bonds is 4. The highest BCUT2D eigenvalue weighted by Gasteiger charge is 2.13. The fourth-order valence-electron chi connectivity index (χ4n) is 1.88. The van der Waals surface area contributed by atoms with Crippen molar-refractivity contribution in [3.63, 3.8) is 0 Å². The monoisotopic (exact) mass is 313 g/mol. The fraction of sp³-hybridized carbons (Fsp3) is 0.0714. The van der Waals surface area contributed by atoms with Gasteiger partial charge < -0.3 is 4.57 Å². The van der Waals surface area contributed by atoms with Crippen LogP contribution in [0.15, 0.2) is 58.8 Å². The highest BCUT2D eigenvalue weighted by atomic mass is 32.2. The molecule has 0 unspecified atom stereocenters. The Morgan fingerprint density at radius 2 is 1.91 bits per heavy atom. The Kier molecular flexibility index (Phi) is 3.84. The minimum Gasteiger partial charge on any atom is -0.305 e. The second-order valence-corrected chi connectivity index (χ2v) is 5.43. The van der Waals surface area contributed by atoms with Crippen LogP contribution in [-0.2, 0) is 7.05 Å². The number of pyridine rings is 1. The van der Waals surface area contributed by atoms with Crippen molar-refractivity contribution in [1.82, 2.24) is 19.7 Å². The molecule has 7 nitrogen and oxygen atoms in total. The van der Waals surface area contributed by atoms with Crippen molar-refractivity contribution in [3.05, 3.63) is 58.8 Å². The van der Waals surface area contributed by atoms with Gasteiger partial charge in [0.25, 0.3) is 5.69 Å². The van der Waals surface area contributed by atoms with Crippen molar-refractivity contribution in [3.8, 4) is 11.4 Å². The summed E-state index contributed by atoms with van der Waals surface area (Å²) < 4.78 is 1.86. The third-order valence-electron chi connectivity index (χ3n) is 2.99. The van der Waals surface area contributed by atoms with Crippen LogP contribution in [0.25, 0.3) is 11.4 Å². The Labute approximate surface area is 130 Å². The first-order chi connectivity index (χ1) is 10.6. The number of aromatic nitrogens is 4. The van der Waals surface area contributed by atoms with Gasteiger partial charge in [-0.2, -0.15) is 0 Å². The van der Waals surface area contributed by atoms with Crippen LogP contribution >= 0.6 is 11.8 Å². The van der Waals surface area contributed by atoms with Crippen molar-refractivity contribution in [2.24, 2.45) is 7.05 Å². The van der Waals surface area contributed by atoms with E-state index < -0.39 is 4.92 Å². The molecule has 110 valence electrons. The zero-order valence-corrected chi connectivity index (χ0v) is 12.4. The van der Waals surface area contributed by atoms with Crippen LogP contribution in [0.5, 0.6) is 0 Å². The van der Waals surface area contributed by atoms with E-state index in [1.165, 1.54) is 24.0 Å². The molecule has 3 rings (SSSR count). The summed E-state index contributed by atoms with van der Waals surface area (Å²) >= 11 is 1.31. The van der Waals surface area contributed by atoms with Gasteiger partial charge in [-0.3, -0.25) is 10.1 Å².